The van der Waals surface area contributed by atoms with Gasteiger partial charge >= 0.3 is 0 Å². The molecule has 1 aromatic carbocycles. The maximum absolute atomic E-state index is 13.9. The van der Waals surface area contributed by atoms with Crippen molar-refractivity contribution >= 4 is 23.5 Å². The molecular weight excluding hydrogens is 421 g/mol. The van der Waals surface area contributed by atoms with Gasteiger partial charge in [0.05, 0.1) is 13.7 Å². The molecule has 0 aliphatic carbocycles. The minimum Gasteiger partial charge on any atom is -0.494 e. The molecule has 0 spiro atoms. The minimum atomic E-state index is -0.580. The van der Waals surface area contributed by atoms with E-state index >= 15 is 0 Å². The highest BCUT2D eigenvalue weighted by Crippen LogP contribution is 2.34. The maximum Gasteiger partial charge on any atom is 0.259 e. The fourth-order valence-electron chi connectivity index (χ4n) is 4.12. The van der Waals surface area contributed by atoms with E-state index in [0.29, 0.717) is 17.8 Å². The first kappa shape index (κ1) is 21.6. The smallest absolute Gasteiger partial charge is 0.259 e. The summed E-state index contributed by atoms with van der Waals surface area (Å²) in [6.45, 7) is 0.278. The van der Waals surface area contributed by atoms with Crippen LogP contribution in [0.15, 0.2) is 22.7 Å². The molecule has 11 heteroatoms. The number of carbonyl (C=O) groups excluding carboxylic acids is 3. The Morgan fingerprint density at radius 2 is 2.09 bits per heavy atom. The van der Waals surface area contributed by atoms with Crippen LogP contribution >= 0.6 is 0 Å². The number of benzene rings is 1. The Balaban J connectivity index is 1.62. The van der Waals surface area contributed by atoms with Crippen LogP contribution < -0.4 is 15.0 Å². The summed E-state index contributed by atoms with van der Waals surface area (Å²) in [6, 6.07) is 3.12. The molecule has 2 fully saturated rings. The Kier molecular flexibility index (Phi) is 5.49. The Labute approximate surface area is 183 Å². The van der Waals surface area contributed by atoms with Gasteiger partial charge in [0, 0.05) is 39.3 Å². The number of halogens is 1. The molecule has 3 heterocycles. The van der Waals surface area contributed by atoms with Crippen molar-refractivity contribution in [3.8, 4) is 17.1 Å². The number of nitrogens with zero attached hydrogens (tertiary/aromatic N) is 4. The van der Waals surface area contributed by atoms with E-state index in [9.17, 15) is 18.8 Å². The highest BCUT2D eigenvalue weighted by Gasteiger charge is 2.45. The normalized spacial score (nSPS) is 20.4. The number of aromatic nitrogens is 1. The van der Waals surface area contributed by atoms with Gasteiger partial charge in [0.1, 0.15) is 11.6 Å². The first-order valence-corrected chi connectivity index (χ1v) is 10.1. The first-order chi connectivity index (χ1) is 15.2. The van der Waals surface area contributed by atoms with Gasteiger partial charge in [0.15, 0.2) is 23.1 Å². The SMILES string of the molecule is COc1cc(-c2onc(N(C)C)c2C(=O)N[C@@H]2C[C@H]3C(=O)N(C)CC(=O)N3C2)ccc1F. The number of hydrogen-bond donors (Lipinski definition) is 1. The first-order valence-electron chi connectivity index (χ1n) is 10.1. The summed E-state index contributed by atoms with van der Waals surface area (Å²) >= 11 is 0. The van der Waals surface area contributed by atoms with Gasteiger partial charge in [-0.3, -0.25) is 14.4 Å². The summed E-state index contributed by atoms with van der Waals surface area (Å²) in [6.07, 6.45) is 0.322. The predicted molar refractivity (Wildman–Crippen MR) is 112 cm³/mol. The van der Waals surface area contributed by atoms with Crippen molar-refractivity contribution in [3.63, 3.8) is 0 Å². The zero-order valence-corrected chi connectivity index (χ0v) is 18.2. The maximum atomic E-state index is 13.9. The average Bonchev–Trinajstić information content (AvgIpc) is 3.37. The third-order valence-corrected chi connectivity index (χ3v) is 5.73. The molecule has 2 aliphatic heterocycles. The number of rotatable bonds is 5. The molecule has 0 saturated carbocycles. The summed E-state index contributed by atoms with van der Waals surface area (Å²) in [4.78, 5) is 42.6. The molecule has 170 valence electrons. The molecule has 3 amide bonds. The van der Waals surface area contributed by atoms with E-state index in [1.807, 2.05) is 0 Å². The van der Waals surface area contributed by atoms with Gasteiger partial charge in [-0.25, -0.2) is 4.39 Å². The average molecular weight is 445 g/mol. The van der Waals surface area contributed by atoms with Crippen LogP contribution in [0.25, 0.3) is 11.3 Å². The Hall–Kier alpha value is -3.63. The number of ether oxygens (including phenoxy) is 1. The van der Waals surface area contributed by atoms with Crippen molar-refractivity contribution in [1.82, 2.24) is 20.3 Å². The van der Waals surface area contributed by atoms with Crippen molar-refractivity contribution in [2.75, 3.05) is 46.2 Å². The molecule has 4 rings (SSSR count). The lowest BCUT2D eigenvalue weighted by Crippen LogP contribution is -2.55. The largest absolute Gasteiger partial charge is 0.494 e. The molecule has 2 aliphatic rings. The van der Waals surface area contributed by atoms with Crippen LogP contribution in [-0.4, -0.2) is 86.1 Å². The van der Waals surface area contributed by atoms with E-state index in [-0.39, 0.29) is 42.0 Å². The summed E-state index contributed by atoms with van der Waals surface area (Å²) in [5.74, 6) is -0.838. The van der Waals surface area contributed by atoms with Crippen molar-refractivity contribution in [2.24, 2.45) is 0 Å². The Morgan fingerprint density at radius 3 is 2.78 bits per heavy atom. The van der Waals surface area contributed by atoms with Crippen LogP contribution in [0.4, 0.5) is 10.2 Å². The van der Waals surface area contributed by atoms with E-state index in [1.54, 1.807) is 26.0 Å². The third kappa shape index (κ3) is 3.63. The zero-order valence-electron chi connectivity index (χ0n) is 18.2. The second-order valence-electron chi connectivity index (χ2n) is 8.12. The van der Waals surface area contributed by atoms with E-state index in [0.717, 1.165) is 0 Å². The van der Waals surface area contributed by atoms with E-state index < -0.39 is 23.8 Å². The van der Waals surface area contributed by atoms with Gasteiger partial charge in [-0.15, -0.1) is 0 Å². The molecule has 0 radical (unpaired) electrons. The molecule has 0 bridgehead atoms. The molecule has 0 unspecified atom stereocenters. The number of likely N-dealkylation sites (N-methyl/N-ethyl adjacent to an activating group) is 1. The van der Waals surface area contributed by atoms with Crippen LogP contribution in [-0.2, 0) is 9.59 Å². The second kappa shape index (κ2) is 8.13. The number of nitrogens with one attached hydrogen (secondary N) is 1. The summed E-state index contributed by atoms with van der Waals surface area (Å²) < 4.78 is 24.3. The lowest BCUT2D eigenvalue weighted by Gasteiger charge is -2.33. The number of piperazine rings is 1. The quantitative estimate of drug-likeness (QED) is 0.723. The highest BCUT2D eigenvalue weighted by molar-refractivity contribution is 6.04. The predicted octanol–water partition coefficient (Wildman–Crippen LogP) is 0.727. The third-order valence-electron chi connectivity index (χ3n) is 5.73. The number of methoxy groups -OCH3 is 1. The monoisotopic (exact) mass is 445 g/mol. The molecule has 1 N–H and O–H groups in total. The van der Waals surface area contributed by atoms with E-state index in [4.69, 9.17) is 9.26 Å². The molecular formula is C21H24FN5O5. The van der Waals surface area contributed by atoms with Crippen LogP contribution in [0.3, 0.4) is 0 Å². The lowest BCUT2D eigenvalue weighted by molar-refractivity contribution is -0.152. The second-order valence-corrected chi connectivity index (χ2v) is 8.12. The standard InChI is InChI=1S/C21H24FN5O5/c1-25(2)19-17(18(32-24-19)11-5-6-13(22)15(7-11)31-4)20(29)23-12-8-14-21(30)26(3)10-16(28)27(14)9-12/h5-7,12,14H,8-10H2,1-4H3,(H,23,29)/t12-,14+/m1/s1. The Morgan fingerprint density at radius 1 is 1.34 bits per heavy atom. The number of amides is 3. The summed E-state index contributed by atoms with van der Waals surface area (Å²) in [7, 11) is 6.36. The zero-order chi connectivity index (χ0) is 23.2. The number of hydrogen-bond acceptors (Lipinski definition) is 7. The topological polar surface area (TPSA) is 108 Å². The highest BCUT2D eigenvalue weighted by atomic mass is 19.1. The molecule has 2 aromatic rings. The molecule has 10 nitrogen and oxygen atoms in total. The van der Waals surface area contributed by atoms with E-state index in [1.165, 1.54) is 35.1 Å². The van der Waals surface area contributed by atoms with Crippen LogP contribution in [0.1, 0.15) is 16.8 Å². The van der Waals surface area contributed by atoms with Gasteiger partial charge in [0.25, 0.3) is 5.91 Å². The van der Waals surface area contributed by atoms with Crippen LogP contribution in [0.5, 0.6) is 5.75 Å². The van der Waals surface area contributed by atoms with Gasteiger partial charge in [0.2, 0.25) is 11.8 Å². The van der Waals surface area contributed by atoms with Crippen molar-refractivity contribution in [3.05, 3.63) is 29.6 Å². The van der Waals surface area contributed by atoms with Crippen molar-refractivity contribution in [2.45, 2.75) is 18.5 Å². The van der Waals surface area contributed by atoms with Gasteiger partial charge < -0.3 is 29.3 Å². The van der Waals surface area contributed by atoms with Crippen LogP contribution in [0, 0.1) is 5.82 Å². The number of carbonyl (C=O) groups is 3. The van der Waals surface area contributed by atoms with E-state index in [2.05, 4.69) is 10.5 Å². The summed E-state index contributed by atoms with van der Waals surface area (Å²) in [5.41, 5.74) is 0.591. The molecule has 32 heavy (non-hydrogen) atoms. The lowest BCUT2D eigenvalue weighted by atomic mass is 10.1. The number of anilines is 1. The molecule has 2 atom stereocenters. The minimum absolute atomic E-state index is 0.00507. The van der Waals surface area contributed by atoms with Gasteiger partial charge in [-0.05, 0) is 24.6 Å². The Bertz CT molecular complexity index is 1080. The van der Waals surface area contributed by atoms with Gasteiger partial charge in [-0.2, -0.15) is 0 Å². The van der Waals surface area contributed by atoms with Crippen molar-refractivity contribution < 1.29 is 28.0 Å². The molecule has 2 saturated heterocycles. The fourth-order valence-corrected chi connectivity index (χ4v) is 4.12. The fraction of sp³-hybridized carbons (Fsp3) is 0.429. The molecule has 1 aromatic heterocycles. The summed E-state index contributed by atoms with van der Waals surface area (Å²) in [5, 5.41) is 6.91. The van der Waals surface area contributed by atoms with Crippen LogP contribution in [0.2, 0.25) is 0 Å². The number of fused-ring (bicyclic) bond motifs is 1. The van der Waals surface area contributed by atoms with Crippen molar-refractivity contribution in [1.29, 1.82) is 0 Å². The van der Waals surface area contributed by atoms with Gasteiger partial charge in [-0.1, -0.05) is 5.16 Å².